The summed E-state index contributed by atoms with van der Waals surface area (Å²) in [6, 6.07) is 27.1. The maximum atomic E-state index is 8.31. The molecule has 2 aromatic heterocycles. The molecule has 0 radical (unpaired) electrons. The van der Waals surface area contributed by atoms with Crippen molar-refractivity contribution in [2.45, 2.75) is 108 Å². The summed E-state index contributed by atoms with van der Waals surface area (Å²) in [7, 11) is 0. The predicted molar refractivity (Wildman–Crippen MR) is 235 cm³/mol. The number of allylic oxidation sites excluding steroid dienone is 8. The van der Waals surface area contributed by atoms with Crippen molar-refractivity contribution in [3.63, 3.8) is 0 Å². The first-order valence-electron chi connectivity index (χ1n) is 18.8. The van der Waals surface area contributed by atoms with Crippen LogP contribution < -0.4 is 0 Å². The Balaban J connectivity index is 0.000000400. The van der Waals surface area contributed by atoms with Crippen molar-refractivity contribution < 1.29 is 0 Å². The Hall–Kier alpha value is -4.65. The Morgan fingerprint density at radius 2 is 1.52 bits per heavy atom. The number of hydrogen-bond donors (Lipinski definition) is 0. The smallest absolute Gasteiger partial charge is 0.110 e. The number of para-hydroxylation sites is 1. The van der Waals surface area contributed by atoms with Crippen LogP contribution in [0.1, 0.15) is 120 Å². The predicted octanol–water partition coefficient (Wildman–Crippen LogP) is 15.0. The first-order valence-corrected chi connectivity index (χ1v) is 19.6. The van der Waals surface area contributed by atoms with Crippen molar-refractivity contribution in [1.29, 1.82) is 5.26 Å². The highest BCUT2D eigenvalue weighted by Crippen LogP contribution is 2.39. The molecule has 5 rings (SSSR count). The Morgan fingerprint density at radius 3 is 1.98 bits per heavy atom. The van der Waals surface area contributed by atoms with Crippen molar-refractivity contribution in [2.75, 3.05) is 0 Å². The quantitative estimate of drug-likeness (QED) is 0.132. The largest absolute Gasteiger partial charge is 0.317 e. The molecule has 1 atom stereocenters. The molecule has 0 saturated heterocycles. The fraction of sp³-hybridized carbons (Fsp3) is 0.327. The Labute approximate surface area is 322 Å². The second kappa shape index (κ2) is 23.8. The van der Waals surface area contributed by atoms with Crippen molar-refractivity contribution >= 4 is 23.5 Å². The molecule has 0 spiro atoms. The zero-order valence-corrected chi connectivity index (χ0v) is 35.0. The summed E-state index contributed by atoms with van der Waals surface area (Å²) in [6.07, 6.45) is 16.3. The zero-order valence-electron chi connectivity index (χ0n) is 34.2. The number of rotatable bonds is 8. The van der Waals surface area contributed by atoms with E-state index < -0.39 is 0 Å². The van der Waals surface area contributed by atoms with Crippen LogP contribution in [0.25, 0.3) is 17.8 Å². The molecule has 276 valence electrons. The molecule has 0 aliphatic heterocycles. The van der Waals surface area contributed by atoms with Crippen LogP contribution in [-0.2, 0) is 18.3 Å². The number of nitriles is 1. The van der Waals surface area contributed by atoms with Gasteiger partial charge in [0.15, 0.2) is 0 Å². The van der Waals surface area contributed by atoms with Crippen molar-refractivity contribution in [3.8, 4) is 11.8 Å². The van der Waals surface area contributed by atoms with E-state index in [1.54, 1.807) is 0 Å². The van der Waals surface area contributed by atoms with E-state index in [0.29, 0.717) is 0 Å². The highest BCUT2D eigenvalue weighted by Gasteiger charge is 2.30. The van der Waals surface area contributed by atoms with E-state index in [2.05, 4.69) is 157 Å². The molecule has 0 fully saturated rings. The highest BCUT2D eigenvalue weighted by molar-refractivity contribution is 7.12. The molecule has 1 unspecified atom stereocenters. The van der Waals surface area contributed by atoms with E-state index in [1.807, 2.05) is 58.9 Å². The standard InChI is InChI=1S/C20H23N.C19H24.C6H5NS.2C2H6/c1-4-9-17-18-14-15(3)12-13-20(18)21(19(17)5-2)16-10-7-6-8-11-16;1-7-15(3)14-17(5)19(6,16(4)8-2)18-12-10-9-11-13-18;1-5-2-3-6(4-7)8-5;2*1-2/h4,6-11,14H,5,12-13H2,1-3H3;7-14H,1,5H2,2-4,6H3;2-3H,1H3;2*1-2H3/b9-4-;15-14-,16-8+;;;. The maximum absolute atomic E-state index is 8.31. The summed E-state index contributed by atoms with van der Waals surface area (Å²) in [5.41, 5.74) is 13.1. The van der Waals surface area contributed by atoms with Crippen molar-refractivity contribution in [1.82, 2.24) is 4.57 Å². The van der Waals surface area contributed by atoms with E-state index >= 15 is 0 Å². The second-order valence-corrected chi connectivity index (χ2v) is 13.6. The third-order valence-electron chi connectivity index (χ3n) is 9.07. The van der Waals surface area contributed by atoms with Crippen LogP contribution in [0.3, 0.4) is 0 Å². The van der Waals surface area contributed by atoms with E-state index in [-0.39, 0.29) is 5.41 Å². The number of fused-ring (bicyclic) bond motifs is 1. The van der Waals surface area contributed by atoms with E-state index in [0.717, 1.165) is 28.9 Å². The molecule has 0 N–H and O–H groups in total. The van der Waals surface area contributed by atoms with Crippen LogP contribution in [0.4, 0.5) is 0 Å². The summed E-state index contributed by atoms with van der Waals surface area (Å²) in [5, 5.41) is 8.31. The third kappa shape index (κ3) is 12.0. The molecule has 1 aliphatic carbocycles. The Kier molecular flexibility index (Phi) is 20.7. The van der Waals surface area contributed by atoms with Crippen LogP contribution in [0.5, 0.6) is 0 Å². The molecule has 0 bridgehead atoms. The molecule has 1 aliphatic rings. The van der Waals surface area contributed by atoms with Gasteiger partial charge in [-0.25, -0.2) is 0 Å². The minimum atomic E-state index is -0.166. The molecule has 52 heavy (non-hydrogen) atoms. The van der Waals surface area contributed by atoms with Gasteiger partial charge >= 0.3 is 0 Å². The Bertz CT molecular complexity index is 1850. The number of nitrogens with zero attached hydrogens (tertiary/aromatic N) is 2. The fourth-order valence-corrected chi connectivity index (χ4v) is 6.71. The molecule has 4 aromatic rings. The molecule has 2 nitrogen and oxygen atoms in total. The third-order valence-corrected chi connectivity index (χ3v) is 9.98. The topological polar surface area (TPSA) is 28.7 Å². The molecule has 3 heteroatoms. The molecule has 2 heterocycles. The van der Waals surface area contributed by atoms with Crippen LogP contribution >= 0.6 is 11.3 Å². The summed E-state index contributed by atoms with van der Waals surface area (Å²) < 4.78 is 2.48. The van der Waals surface area contributed by atoms with Gasteiger partial charge in [0.05, 0.1) is 0 Å². The monoisotopic (exact) mass is 712 g/mol. The Morgan fingerprint density at radius 1 is 0.923 bits per heavy atom. The lowest BCUT2D eigenvalue weighted by atomic mass is 9.70. The van der Waals surface area contributed by atoms with E-state index in [1.165, 1.54) is 67.5 Å². The number of hydrogen-bond acceptors (Lipinski definition) is 2. The minimum absolute atomic E-state index is 0.166. The van der Waals surface area contributed by atoms with Crippen LogP contribution in [-0.4, -0.2) is 4.57 Å². The van der Waals surface area contributed by atoms with Gasteiger partial charge in [0, 0.05) is 38.5 Å². The SMILES string of the molecule is C/C=C\c1c2c(n(-c3ccccc3)c1CC)CCC(C)=C2.C=C/C(C)=C\C(=C)C(C)(/C(C)=C/C)c1ccccc1.CC.CC.Cc1ccc(C#N)s1. The summed E-state index contributed by atoms with van der Waals surface area (Å²) in [6.45, 7) is 33.2. The molecular formula is C49H64N2S. The van der Waals surface area contributed by atoms with E-state index in [9.17, 15) is 0 Å². The van der Waals surface area contributed by atoms with Gasteiger partial charge in [-0.2, -0.15) is 5.26 Å². The molecule has 0 saturated carbocycles. The lowest BCUT2D eigenvalue weighted by Crippen LogP contribution is -2.25. The summed E-state index contributed by atoms with van der Waals surface area (Å²) in [5.74, 6) is 0. The normalized spacial score (nSPS) is 13.1. The lowest BCUT2D eigenvalue weighted by Gasteiger charge is -2.33. The maximum Gasteiger partial charge on any atom is 0.110 e. The number of aryl methyl sites for hydroxylation is 1. The van der Waals surface area contributed by atoms with Gasteiger partial charge in [-0.1, -0.05) is 149 Å². The van der Waals surface area contributed by atoms with Gasteiger partial charge < -0.3 is 4.57 Å². The minimum Gasteiger partial charge on any atom is -0.317 e. The van der Waals surface area contributed by atoms with Crippen molar-refractivity contribution in [3.05, 3.63) is 170 Å². The average Bonchev–Trinajstić information content (AvgIpc) is 3.76. The van der Waals surface area contributed by atoms with Gasteiger partial charge in [0.25, 0.3) is 0 Å². The molecule has 2 aromatic carbocycles. The summed E-state index contributed by atoms with van der Waals surface area (Å²) in [4.78, 5) is 1.99. The second-order valence-electron chi connectivity index (χ2n) is 12.3. The molecular weight excluding hydrogens is 649 g/mol. The summed E-state index contributed by atoms with van der Waals surface area (Å²) >= 11 is 1.53. The average molecular weight is 713 g/mol. The lowest BCUT2D eigenvalue weighted by molar-refractivity contribution is 0.672. The zero-order chi connectivity index (χ0) is 39.3. The number of aromatic nitrogens is 1. The van der Waals surface area contributed by atoms with Gasteiger partial charge in [0.2, 0.25) is 0 Å². The van der Waals surface area contributed by atoms with Crippen LogP contribution in [0, 0.1) is 18.3 Å². The van der Waals surface area contributed by atoms with Gasteiger partial charge in [0.1, 0.15) is 10.9 Å². The fourth-order valence-electron chi connectivity index (χ4n) is 6.05. The van der Waals surface area contributed by atoms with Crippen LogP contribution in [0.15, 0.2) is 133 Å². The van der Waals surface area contributed by atoms with Crippen LogP contribution in [0.2, 0.25) is 0 Å². The molecule has 0 amide bonds. The van der Waals surface area contributed by atoms with Crippen molar-refractivity contribution in [2.24, 2.45) is 0 Å². The van der Waals surface area contributed by atoms with Gasteiger partial charge in [-0.3, -0.25) is 0 Å². The van der Waals surface area contributed by atoms with Gasteiger partial charge in [-0.15, -0.1) is 11.3 Å². The van der Waals surface area contributed by atoms with E-state index in [4.69, 9.17) is 5.26 Å². The first-order chi connectivity index (χ1) is 25.0. The highest BCUT2D eigenvalue weighted by atomic mass is 32.1. The van der Waals surface area contributed by atoms with Gasteiger partial charge in [-0.05, 0) is 103 Å². The first kappa shape index (κ1) is 45.4. The number of thiophene rings is 1. The number of benzene rings is 2.